The molecule has 0 saturated heterocycles. The van der Waals surface area contributed by atoms with Crippen LogP contribution in [0.4, 0.5) is 0 Å². The fourth-order valence-electron chi connectivity index (χ4n) is 2.53. The van der Waals surface area contributed by atoms with Crippen LogP contribution in [0.15, 0.2) is 18.2 Å². The monoisotopic (exact) mass is 277 g/mol. The van der Waals surface area contributed by atoms with Gasteiger partial charge in [-0.1, -0.05) is 12.1 Å². The summed E-state index contributed by atoms with van der Waals surface area (Å²) in [6.45, 7) is 7.31. The summed E-state index contributed by atoms with van der Waals surface area (Å²) in [7, 11) is 1.71. The van der Waals surface area contributed by atoms with Gasteiger partial charge in [0.2, 0.25) is 0 Å². The molecule has 0 atom stereocenters. The Kier molecular flexibility index (Phi) is 4.92. The molecule has 1 aliphatic rings. The normalized spacial score (nSPS) is 16.4. The first-order valence-electron chi connectivity index (χ1n) is 7.57. The van der Waals surface area contributed by atoms with Crippen molar-refractivity contribution in [2.75, 3.05) is 7.11 Å². The Labute approximate surface area is 122 Å². The van der Waals surface area contributed by atoms with Crippen molar-refractivity contribution in [1.29, 1.82) is 0 Å². The molecule has 0 aliphatic heterocycles. The van der Waals surface area contributed by atoms with Gasteiger partial charge in [0.25, 0.3) is 0 Å². The number of para-hydroxylation sites is 1. The Balaban J connectivity index is 2.16. The maximum Gasteiger partial charge on any atom is 0.166 e. The van der Waals surface area contributed by atoms with E-state index >= 15 is 0 Å². The van der Waals surface area contributed by atoms with Crippen molar-refractivity contribution < 1.29 is 9.47 Å². The maximum absolute atomic E-state index is 6.23. The third kappa shape index (κ3) is 4.14. The Bertz CT molecular complexity index is 431. The van der Waals surface area contributed by atoms with Gasteiger partial charge in [0.1, 0.15) is 0 Å². The van der Waals surface area contributed by atoms with E-state index in [4.69, 9.17) is 9.47 Å². The van der Waals surface area contributed by atoms with Crippen molar-refractivity contribution in [3.8, 4) is 11.5 Å². The molecule has 1 fully saturated rings. The highest BCUT2D eigenvalue weighted by molar-refractivity contribution is 5.46. The Morgan fingerprint density at radius 2 is 1.90 bits per heavy atom. The van der Waals surface area contributed by atoms with Crippen molar-refractivity contribution in [2.45, 2.75) is 64.6 Å². The first-order valence-corrected chi connectivity index (χ1v) is 7.57. The summed E-state index contributed by atoms with van der Waals surface area (Å²) in [6.07, 6.45) is 5.21. The maximum atomic E-state index is 6.23. The third-order valence-electron chi connectivity index (χ3n) is 3.68. The van der Waals surface area contributed by atoms with Crippen LogP contribution in [0.5, 0.6) is 11.5 Å². The molecular weight excluding hydrogens is 250 g/mol. The Morgan fingerprint density at radius 3 is 2.50 bits per heavy atom. The molecule has 1 saturated carbocycles. The SMILES string of the molecule is COc1cccc(CNC(C)(C)C)c1OC1CCCC1. The Hall–Kier alpha value is -1.22. The average molecular weight is 277 g/mol. The third-order valence-corrected chi connectivity index (χ3v) is 3.68. The number of rotatable bonds is 5. The topological polar surface area (TPSA) is 30.5 Å². The van der Waals surface area contributed by atoms with Crippen LogP contribution in [-0.4, -0.2) is 18.8 Å². The van der Waals surface area contributed by atoms with Crippen LogP contribution >= 0.6 is 0 Å². The molecule has 112 valence electrons. The van der Waals surface area contributed by atoms with E-state index < -0.39 is 0 Å². The summed E-state index contributed by atoms with van der Waals surface area (Å²) in [5, 5.41) is 3.52. The zero-order valence-corrected chi connectivity index (χ0v) is 13.2. The lowest BCUT2D eigenvalue weighted by molar-refractivity contribution is 0.198. The van der Waals surface area contributed by atoms with Gasteiger partial charge in [-0.05, 0) is 52.5 Å². The van der Waals surface area contributed by atoms with Gasteiger partial charge >= 0.3 is 0 Å². The highest BCUT2D eigenvalue weighted by Crippen LogP contribution is 2.35. The van der Waals surface area contributed by atoms with Crippen molar-refractivity contribution in [1.82, 2.24) is 5.32 Å². The van der Waals surface area contributed by atoms with Crippen LogP contribution in [0.2, 0.25) is 0 Å². The molecule has 3 heteroatoms. The van der Waals surface area contributed by atoms with Gasteiger partial charge < -0.3 is 14.8 Å². The van der Waals surface area contributed by atoms with Gasteiger partial charge in [0.05, 0.1) is 13.2 Å². The molecule has 1 aromatic rings. The highest BCUT2D eigenvalue weighted by Gasteiger charge is 2.21. The second-order valence-electron chi connectivity index (χ2n) is 6.58. The van der Waals surface area contributed by atoms with E-state index in [1.54, 1.807) is 7.11 Å². The highest BCUT2D eigenvalue weighted by atomic mass is 16.5. The minimum atomic E-state index is 0.0910. The van der Waals surface area contributed by atoms with Gasteiger partial charge in [-0.25, -0.2) is 0 Å². The molecule has 0 bridgehead atoms. The molecule has 0 spiro atoms. The molecule has 1 aromatic carbocycles. The van der Waals surface area contributed by atoms with E-state index in [-0.39, 0.29) is 5.54 Å². The van der Waals surface area contributed by atoms with Crippen molar-refractivity contribution >= 4 is 0 Å². The lowest BCUT2D eigenvalue weighted by Gasteiger charge is -2.23. The zero-order chi connectivity index (χ0) is 14.6. The number of ether oxygens (including phenoxy) is 2. The Morgan fingerprint density at radius 1 is 1.20 bits per heavy atom. The number of methoxy groups -OCH3 is 1. The number of nitrogens with one attached hydrogen (secondary N) is 1. The van der Waals surface area contributed by atoms with E-state index in [1.165, 1.54) is 18.4 Å². The van der Waals surface area contributed by atoms with E-state index in [1.807, 2.05) is 12.1 Å². The number of benzene rings is 1. The fraction of sp³-hybridized carbons (Fsp3) is 0.647. The summed E-state index contributed by atoms with van der Waals surface area (Å²) in [5.74, 6) is 1.75. The number of hydrogen-bond donors (Lipinski definition) is 1. The second kappa shape index (κ2) is 6.49. The van der Waals surface area contributed by atoms with Crippen molar-refractivity contribution in [3.63, 3.8) is 0 Å². The van der Waals surface area contributed by atoms with Crippen LogP contribution in [0.3, 0.4) is 0 Å². The summed E-state index contributed by atoms with van der Waals surface area (Å²) in [4.78, 5) is 0. The van der Waals surface area contributed by atoms with E-state index in [0.29, 0.717) is 6.10 Å². The first kappa shape index (κ1) is 15.2. The molecule has 1 aliphatic carbocycles. The molecular formula is C17H27NO2. The predicted octanol–water partition coefficient (Wildman–Crippen LogP) is 3.90. The quantitative estimate of drug-likeness (QED) is 0.885. The van der Waals surface area contributed by atoms with Crippen LogP contribution in [0.1, 0.15) is 52.0 Å². The number of hydrogen-bond acceptors (Lipinski definition) is 3. The zero-order valence-electron chi connectivity index (χ0n) is 13.2. The minimum Gasteiger partial charge on any atom is -0.493 e. The molecule has 0 aromatic heterocycles. The lowest BCUT2D eigenvalue weighted by atomic mass is 10.1. The van der Waals surface area contributed by atoms with Crippen LogP contribution in [-0.2, 0) is 6.54 Å². The van der Waals surface area contributed by atoms with Gasteiger partial charge in [-0.15, -0.1) is 0 Å². The van der Waals surface area contributed by atoms with Gasteiger partial charge in [0, 0.05) is 17.6 Å². The van der Waals surface area contributed by atoms with Crippen LogP contribution < -0.4 is 14.8 Å². The van der Waals surface area contributed by atoms with Gasteiger partial charge in [0.15, 0.2) is 11.5 Å². The van der Waals surface area contributed by atoms with E-state index in [0.717, 1.165) is 30.9 Å². The lowest BCUT2D eigenvalue weighted by Crippen LogP contribution is -2.35. The molecule has 0 heterocycles. The molecule has 0 unspecified atom stereocenters. The molecule has 2 rings (SSSR count). The second-order valence-corrected chi connectivity index (χ2v) is 6.58. The summed E-state index contributed by atoms with van der Waals surface area (Å²) < 4.78 is 11.7. The molecule has 1 N–H and O–H groups in total. The first-order chi connectivity index (χ1) is 9.49. The molecule has 0 radical (unpaired) electrons. The smallest absolute Gasteiger partial charge is 0.166 e. The molecule has 20 heavy (non-hydrogen) atoms. The van der Waals surface area contributed by atoms with E-state index in [2.05, 4.69) is 32.2 Å². The average Bonchev–Trinajstić information content (AvgIpc) is 2.89. The van der Waals surface area contributed by atoms with Crippen molar-refractivity contribution in [2.24, 2.45) is 0 Å². The van der Waals surface area contributed by atoms with Crippen molar-refractivity contribution in [3.05, 3.63) is 23.8 Å². The fourth-order valence-corrected chi connectivity index (χ4v) is 2.53. The summed E-state index contributed by atoms with van der Waals surface area (Å²) >= 11 is 0. The largest absolute Gasteiger partial charge is 0.493 e. The van der Waals surface area contributed by atoms with Gasteiger partial charge in [-0.2, -0.15) is 0 Å². The summed E-state index contributed by atoms with van der Waals surface area (Å²) in [6, 6.07) is 6.12. The minimum absolute atomic E-state index is 0.0910. The predicted molar refractivity (Wildman–Crippen MR) is 82.5 cm³/mol. The molecule has 3 nitrogen and oxygen atoms in total. The van der Waals surface area contributed by atoms with E-state index in [9.17, 15) is 0 Å². The van der Waals surface area contributed by atoms with Gasteiger partial charge in [-0.3, -0.25) is 0 Å². The standard InChI is InChI=1S/C17H27NO2/c1-17(2,3)18-12-13-8-7-11-15(19-4)16(13)20-14-9-5-6-10-14/h7-8,11,14,18H,5-6,9-10,12H2,1-4H3. The molecule has 0 amide bonds. The van der Waals surface area contributed by atoms with Crippen LogP contribution in [0, 0.1) is 0 Å². The van der Waals surface area contributed by atoms with Crippen LogP contribution in [0.25, 0.3) is 0 Å². The summed E-state index contributed by atoms with van der Waals surface area (Å²) in [5.41, 5.74) is 1.26.